The van der Waals surface area contributed by atoms with E-state index in [0.29, 0.717) is 29.1 Å². The Morgan fingerprint density at radius 2 is 1.92 bits per heavy atom. The summed E-state index contributed by atoms with van der Waals surface area (Å²) in [4.78, 5) is 30.6. The summed E-state index contributed by atoms with van der Waals surface area (Å²) in [7, 11) is -3.39. The summed E-state index contributed by atoms with van der Waals surface area (Å²) in [6, 6.07) is 4.00. The molecule has 5 N–H and O–H groups in total. The number of carbonyl (C=O) groups is 2. The Bertz CT molecular complexity index is 1440. The van der Waals surface area contributed by atoms with Crippen molar-refractivity contribution in [1.29, 1.82) is 5.26 Å². The molecule has 3 aromatic heterocycles. The number of carboxylic acids is 2. The van der Waals surface area contributed by atoms with Gasteiger partial charge in [0.25, 0.3) is 0 Å². The van der Waals surface area contributed by atoms with E-state index in [-0.39, 0.29) is 25.3 Å². The van der Waals surface area contributed by atoms with Crippen LogP contribution in [0.25, 0.3) is 22.3 Å². The summed E-state index contributed by atoms with van der Waals surface area (Å²) < 4.78 is 27.8. The van der Waals surface area contributed by atoms with Gasteiger partial charge in [0, 0.05) is 43.0 Å². The van der Waals surface area contributed by atoms with Crippen molar-refractivity contribution in [3.05, 3.63) is 36.9 Å². The lowest BCUT2D eigenvalue weighted by Gasteiger charge is -2.48. The molecule has 4 rings (SSSR count). The smallest absolute Gasteiger partial charge is 0.328 e. The fraction of sp³-hybridized carbons (Fsp3) is 0.333. The lowest BCUT2D eigenvalue weighted by atomic mass is 9.89. The molecule has 0 aromatic carbocycles. The van der Waals surface area contributed by atoms with Gasteiger partial charge >= 0.3 is 11.9 Å². The number of H-pyrrole nitrogens is 1. The molecular formula is C21H24N8O6S. The molecule has 1 aliphatic heterocycles. The van der Waals surface area contributed by atoms with Gasteiger partial charge in [-0.2, -0.15) is 14.7 Å². The van der Waals surface area contributed by atoms with Crippen molar-refractivity contribution in [3.63, 3.8) is 0 Å². The number of nitrogens with two attached hydrogens (primary N) is 1. The number of aliphatic carboxylic acids is 2. The number of aromatic amines is 1. The van der Waals surface area contributed by atoms with Gasteiger partial charge in [0.1, 0.15) is 17.5 Å². The zero-order valence-electron chi connectivity index (χ0n) is 19.4. The maximum Gasteiger partial charge on any atom is 0.328 e. The highest BCUT2D eigenvalue weighted by atomic mass is 32.2. The summed E-state index contributed by atoms with van der Waals surface area (Å²) >= 11 is 0. The molecule has 1 saturated heterocycles. The maximum atomic E-state index is 12.4. The van der Waals surface area contributed by atoms with Crippen LogP contribution in [0.4, 0.5) is 5.82 Å². The number of hydrogen-bond acceptors (Lipinski definition) is 9. The van der Waals surface area contributed by atoms with Gasteiger partial charge in [-0.1, -0.05) is 0 Å². The molecule has 3 aromatic rings. The predicted octanol–water partition coefficient (Wildman–Crippen LogP) is 0.778. The number of sulfonamides is 1. The molecule has 0 saturated carbocycles. The van der Waals surface area contributed by atoms with Crippen molar-refractivity contribution >= 4 is 38.8 Å². The first-order chi connectivity index (χ1) is 16.9. The fourth-order valence-electron chi connectivity index (χ4n) is 3.62. The Balaban J connectivity index is 0.000000392. The number of fused-ring (bicyclic) bond motifs is 1. The molecule has 0 aliphatic carbocycles. The van der Waals surface area contributed by atoms with E-state index in [1.54, 1.807) is 30.9 Å². The molecule has 0 amide bonds. The van der Waals surface area contributed by atoms with E-state index < -0.39 is 32.8 Å². The molecule has 4 heterocycles. The number of carboxylic acid groups (broad SMARTS) is 2. The van der Waals surface area contributed by atoms with E-state index in [9.17, 15) is 23.3 Å². The first-order valence-corrected chi connectivity index (χ1v) is 12.1. The van der Waals surface area contributed by atoms with Gasteiger partial charge in [0.2, 0.25) is 10.0 Å². The van der Waals surface area contributed by atoms with Crippen LogP contribution in [0.5, 0.6) is 0 Å². The van der Waals surface area contributed by atoms with E-state index in [2.05, 4.69) is 26.1 Å². The summed E-state index contributed by atoms with van der Waals surface area (Å²) in [6.07, 6.45) is 6.18. The third-order valence-corrected chi connectivity index (χ3v) is 7.68. The van der Waals surface area contributed by atoms with Crippen molar-refractivity contribution in [2.45, 2.75) is 31.1 Å². The number of nitrogens with one attached hydrogen (secondary N) is 1. The second-order valence-corrected chi connectivity index (χ2v) is 10.8. The molecule has 0 atom stereocenters. The van der Waals surface area contributed by atoms with Crippen LogP contribution in [0, 0.1) is 11.3 Å². The summed E-state index contributed by atoms with van der Waals surface area (Å²) in [5, 5.41) is 29.6. The molecule has 15 heteroatoms. The van der Waals surface area contributed by atoms with Crippen LogP contribution in [0.15, 0.2) is 36.9 Å². The van der Waals surface area contributed by atoms with Crippen LogP contribution in [0.2, 0.25) is 0 Å². The van der Waals surface area contributed by atoms with E-state index >= 15 is 0 Å². The minimum absolute atomic E-state index is 0.126. The Kier molecular flexibility index (Phi) is 7.41. The fourth-order valence-corrected chi connectivity index (χ4v) is 5.05. The first-order valence-electron chi connectivity index (χ1n) is 10.5. The van der Waals surface area contributed by atoms with Gasteiger partial charge in [0.05, 0.1) is 29.0 Å². The number of aromatic nitrogens is 5. The highest BCUT2D eigenvalue weighted by Crippen LogP contribution is 2.38. The molecular weight excluding hydrogens is 492 g/mol. The van der Waals surface area contributed by atoms with Crippen molar-refractivity contribution in [2.24, 2.45) is 0 Å². The minimum Gasteiger partial charge on any atom is -0.478 e. The Hall–Kier alpha value is -4.29. The Morgan fingerprint density at radius 3 is 2.47 bits per heavy atom. The van der Waals surface area contributed by atoms with Crippen LogP contribution in [-0.4, -0.2) is 77.9 Å². The third-order valence-electron chi connectivity index (χ3n) is 5.51. The topological polar surface area (TPSA) is 221 Å². The van der Waals surface area contributed by atoms with Gasteiger partial charge in [-0.15, -0.1) is 0 Å². The molecule has 0 spiro atoms. The van der Waals surface area contributed by atoms with Crippen LogP contribution < -0.4 is 5.73 Å². The van der Waals surface area contributed by atoms with E-state index in [1.807, 2.05) is 6.07 Å². The molecule has 1 fully saturated rings. The van der Waals surface area contributed by atoms with E-state index in [0.717, 1.165) is 5.39 Å². The third kappa shape index (κ3) is 5.19. The molecule has 190 valence electrons. The van der Waals surface area contributed by atoms with Gasteiger partial charge in [-0.25, -0.2) is 28.0 Å². The molecule has 0 bridgehead atoms. The number of hydrogen-bond donors (Lipinski definition) is 4. The Morgan fingerprint density at radius 1 is 1.28 bits per heavy atom. The number of nitriles is 1. The van der Waals surface area contributed by atoms with Gasteiger partial charge in [-0.05, 0) is 19.9 Å². The second kappa shape index (κ2) is 10.1. The van der Waals surface area contributed by atoms with Crippen LogP contribution in [-0.2, 0) is 25.2 Å². The normalized spacial score (nSPS) is 15.3. The number of nitrogen functional groups attached to an aromatic ring is 1. The summed E-state index contributed by atoms with van der Waals surface area (Å²) in [5.74, 6) is -2.25. The van der Waals surface area contributed by atoms with E-state index in [4.69, 9.17) is 15.9 Å². The molecule has 14 nitrogen and oxygen atoms in total. The highest BCUT2D eigenvalue weighted by Gasteiger charge is 2.51. The molecule has 0 unspecified atom stereocenters. The van der Waals surface area contributed by atoms with Gasteiger partial charge in [0.15, 0.2) is 5.82 Å². The summed E-state index contributed by atoms with van der Waals surface area (Å²) in [5.41, 5.74) is 7.35. The lowest BCUT2D eigenvalue weighted by Crippen LogP contribution is -2.65. The monoisotopic (exact) mass is 516 g/mol. The van der Waals surface area contributed by atoms with Crippen molar-refractivity contribution in [2.75, 3.05) is 18.8 Å². The standard InChI is InChI=1S/C17H20N8O2S.C4H4O4/c1-11(2)28(26,27)24-8-17(9-24,4-5-18)25-7-13(15(19)23-25)14-12-3-6-20-16(12)22-10-21-14;5-3(6)1-2-4(7)8/h3,6-7,10-11H,4,8-9H2,1-2H3,(H2,19,23)(H,20,21,22);1-2H,(H,5,6)(H,7,8)/b;2-1+. The molecule has 1 aliphatic rings. The highest BCUT2D eigenvalue weighted by molar-refractivity contribution is 7.89. The van der Waals surface area contributed by atoms with Crippen molar-refractivity contribution < 1.29 is 28.2 Å². The predicted molar refractivity (Wildman–Crippen MR) is 128 cm³/mol. The average Bonchev–Trinajstić information content (AvgIpc) is 3.41. The largest absolute Gasteiger partial charge is 0.478 e. The van der Waals surface area contributed by atoms with Gasteiger partial charge in [-0.3, -0.25) is 4.68 Å². The second-order valence-electron chi connectivity index (χ2n) is 8.27. The summed E-state index contributed by atoms with van der Waals surface area (Å²) in [6.45, 7) is 3.65. The maximum absolute atomic E-state index is 12.4. The quantitative estimate of drug-likeness (QED) is 0.321. The van der Waals surface area contributed by atoms with Crippen LogP contribution in [0.1, 0.15) is 20.3 Å². The first kappa shape index (κ1) is 26.3. The average molecular weight is 517 g/mol. The van der Waals surface area contributed by atoms with Gasteiger partial charge < -0.3 is 20.9 Å². The molecule has 36 heavy (non-hydrogen) atoms. The lowest BCUT2D eigenvalue weighted by molar-refractivity contribution is -0.134. The number of rotatable bonds is 7. The number of nitrogens with zero attached hydrogens (tertiary/aromatic N) is 6. The minimum atomic E-state index is -3.39. The zero-order valence-corrected chi connectivity index (χ0v) is 20.2. The molecule has 0 radical (unpaired) electrons. The SMILES string of the molecule is CC(C)S(=O)(=O)N1CC(CC#N)(n2cc(-c3ncnc4[nH]ccc34)c(N)n2)C1.O=C(O)/C=C/C(=O)O. The van der Waals surface area contributed by atoms with Crippen LogP contribution >= 0.6 is 0 Å². The zero-order chi connectivity index (χ0) is 26.7. The Labute approximate surface area is 205 Å². The van der Waals surface area contributed by atoms with Crippen molar-refractivity contribution in [1.82, 2.24) is 29.0 Å². The van der Waals surface area contributed by atoms with Crippen molar-refractivity contribution in [3.8, 4) is 17.3 Å². The van der Waals surface area contributed by atoms with E-state index in [1.165, 1.54) is 10.6 Å². The number of anilines is 1. The van der Waals surface area contributed by atoms with Crippen LogP contribution in [0.3, 0.4) is 0 Å².